The van der Waals surface area contributed by atoms with Crippen LogP contribution in [0.4, 0.5) is 0 Å². The molecular weight excluding hydrogens is 425 g/mol. The van der Waals surface area contributed by atoms with Crippen LogP contribution >= 0.6 is 24.0 Å². The fraction of sp³-hybridized carbons (Fsp3) is 0.562. The Balaban J connectivity index is 0.00000264. The summed E-state index contributed by atoms with van der Waals surface area (Å²) < 4.78 is 22.9. The van der Waals surface area contributed by atoms with Crippen LogP contribution in [-0.4, -0.2) is 33.2 Å². The van der Waals surface area contributed by atoms with E-state index in [1.165, 1.54) is 31.9 Å². The van der Waals surface area contributed by atoms with Crippen LogP contribution in [-0.2, 0) is 16.4 Å². The molecule has 2 rings (SSSR count). The van der Waals surface area contributed by atoms with Crippen molar-refractivity contribution in [2.45, 2.75) is 50.1 Å². The van der Waals surface area contributed by atoms with E-state index >= 15 is 0 Å². The van der Waals surface area contributed by atoms with Crippen molar-refractivity contribution in [3.63, 3.8) is 0 Å². The molecule has 1 saturated carbocycles. The summed E-state index contributed by atoms with van der Waals surface area (Å²) in [5.74, 6) is 0.835. The predicted octanol–water partition coefficient (Wildman–Crippen LogP) is 2.71. The molecule has 1 fully saturated rings. The number of nitrogens with one attached hydrogen (secondary N) is 2. The van der Waals surface area contributed by atoms with Gasteiger partial charge >= 0.3 is 0 Å². The van der Waals surface area contributed by atoms with Crippen molar-refractivity contribution in [3.8, 4) is 0 Å². The van der Waals surface area contributed by atoms with Crippen LogP contribution in [0.3, 0.4) is 0 Å². The number of guanidine groups is 1. The molecule has 0 unspecified atom stereocenters. The Bertz CT molecular complexity index is 609. The predicted molar refractivity (Wildman–Crippen MR) is 105 cm³/mol. The first-order chi connectivity index (χ1) is 10.5. The van der Waals surface area contributed by atoms with E-state index < -0.39 is 9.84 Å². The van der Waals surface area contributed by atoms with Crippen molar-refractivity contribution in [3.05, 3.63) is 29.8 Å². The van der Waals surface area contributed by atoms with Gasteiger partial charge in [-0.05, 0) is 37.5 Å². The largest absolute Gasteiger partial charge is 0.357 e. The molecule has 0 spiro atoms. The average molecular weight is 451 g/mol. The zero-order chi connectivity index (χ0) is 16.0. The summed E-state index contributed by atoms with van der Waals surface area (Å²) >= 11 is 0. The Kier molecular flexibility index (Phi) is 8.32. The second-order valence-electron chi connectivity index (χ2n) is 5.74. The highest BCUT2D eigenvalue weighted by molar-refractivity contribution is 14.0. The van der Waals surface area contributed by atoms with E-state index in [0.29, 0.717) is 17.5 Å². The first-order valence-electron chi connectivity index (χ1n) is 7.83. The van der Waals surface area contributed by atoms with Crippen molar-refractivity contribution in [2.75, 3.05) is 12.8 Å². The number of sulfone groups is 1. The van der Waals surface area contributed by atoms with E-state index in [-0.39, 0.29) is 24.0 Å². The van der Waals surface area contributed by atoms with Gasteiger partial charge < -0.3 is 10.6 Å². The molecule has 0 atom stereocenters. The third-order valence-electron chi connectivity index (χ3n) is 3.81. The van der Waals surface area contributed by atoms with Crippen LogP contribution in [0.15, 0.2) is 34.2 Å². The van der Waals surface area contributed by atoms with Crippen LogP contribution in [0, 0.1) is 0 Å². The lowest BCUT2D eigenvalue weighted by molar-refractivity contribution is 0.602. The molecule has 0 aliphatic heterocycles. The van der Waals surface area contributed by atoms with Gasteiger partial charge in [-0.15, -0.1) is 24.0 Å². The van der Waals surface area contributed by atoms with E-state index in [0.717, 1.165) is 18.1 Å². The number of benzene rings is 1. The lowest BCUT2D eigenvalue weighted by Gasteiger charge is -2.16. The standard InChI is InChI=1S/C16H25N3O2S.HI/c1-3-17-16(19-14-6-4-5-7-14)18-12-13-8-10-15(11-9-13)22(2,20)21;/h8-11,14H,3-7,12H2,1-2H3,(H2,17,18,19);1H. The van der Waals surface area contributed by atoms with Crippen LogP contribution in [0.1, 0.15) is 38.2 Å². The Morgan fingerprint density at radius 1 is 1.22 bits per heavy atom. The summed E-state index contributed by atoms with van der Waals surface area (Å²) in [5, 5.41) is 6.72. The van der Waals surface area contributed by atoms with E-state index in [1.807, 2.05) is 19.1 Å². The quantitative estimate of drug-likeness (QED) is 0.411. The van der Waals surface area contributed by atoms with Crippen LogP contribution in [0.5, 0.6) is 0 Å². The topological polar surface area (TPSA) is 70.6 Å². The number of hydrogen-bond donors (Lipinski definition) is 2. The second kappa shape index (κ2) is 9.46. The lowest BCUT2D eigenvalue weighted by Crippen LogP contribution is -2.42. The number of halogens is 1. The van der Waals surface area contributed by atoms with Gasteiger partial charge in [0, 0.05) is 18.8 Å². The van der Waals surface area contributed by atoms with Gasteiger partial charge in [-0.3, -0.25) is 0 Å². The normalized spacial score (nSPS) is 16.0. The molecule has 0 heterocycles. The Labute approximate surface area is 156 Å². The van der Waals surface area contributed by atoms with E-state index in [1.54, 1.807) is 12.1 Å². The summed E-state index contributed by atoms with van der Waals surface area (Å²) in [6, 6.07) is 7.43. The molecule has 1 aliphatic carbocycles. The van der Waals surface area contributed by atoms with Gasteiger partial charge in [-0.2, -0.15) is 0 Å². The highest BCUT2D eigenvalue weighted by Gasteiger charge is 2.15. The molecule has 0 amide bonds. The lowest BCUT2D eigenvalue weighted by atomic mass is 10.2. The van der Waals surface area contributed by atoms with E-state index in [9.17, 15) is 8.42 Å². The Hall–Kier alpha value is -0.830. The van der Waals surface area contributed by atoms with Crippen molar-refractivity contribution < 1.29 is 8.42 Å². The fourth-order valence-electron chi connectivity index (χ4n) is 2.60. The first-order valence-corrected chi connectivity index (χ1v) is 9.72. The molecular formula is C16H26IN3O2S. The molecule has 1 aliphatic rings. The number of aliphatic imine (C=N–C) groups is 1. The van der Waals surface area contributed by atoms with Crippen molar-refractivity contribution in [1.29, 1.82) is 0 Å². The van der Waals surface area contributed by atoms with Gasteiger partial charge in [-0.1, -0.05) is 25.0 Å². The Morgan fingerprint density at radius 3 is 2.35 bits per heavy atom. The number of rotatable bonds is 5. The van der Waals surface area contributed by atoms with Crippen molar-refractivity contribution >= 4 is 39.8 Å². The summed E-state index contributed by atoms with van der Waals surface area (Å²) in [6.45, 7) is 3.41. The third kappa shape index (κ3) is 6.66. The molecule has 0 radical (unpaired) electrons. The first kappa shape index (κ1) is 20.2. The van der Waals surface area contributed by atoms with E-state index in [2.05, 4.69) is 15.6 Å². The summed E-state index contributed by atoms with van der Waals surface area (Å²) in [4.78, 5) is 4.93. The fourth-order valence-corrected chi connectivity index (χ4v) is 3.23. The molecule has 1 aromatic rings. The number of nitrogens with zero attached hydrogens (tertiary/aromatic N) is 1. The van der Waals surface area contributed by atoms with Gasteiger partial charge in [0.1, 0.15) is 0 Å². The summed E-state index contributed by atoms with van der Waals surface area (Å²) in [6.07, 6.45) is 6.18. The molecule has 0 bridgehead atoms. The summed E-state index contributed by atoms with van der Waals surface area (Å²) in [5.41, 5.74) is 0.996. The molecule has 7 heteroatoms. The second-order valence-corrected chi connectivity index (χ2v) is 7.75. The van der Waals surface area contributed by atoms with Crippen LogP contribution in [0.25, 0.3) is 0 Å². The summed E-state index contributed by atoms with van der Waals surface area (Å²) in [7, 11) is -3.14. The average Bonchev–Trinajstić information content (AvgIpc) is 2.97. The van der Waals surface area contributed by atoms with Crippen LogP contribution < -0.4 is 10.6 Å². The molecule has 2 N–H and O–H groups in total. The van der Waals surface area contributed by atoms with Gasteiger partial charge in [0.2, 0.25) is 0 Å². The molecule has 0 aromatic heterocycles. The third-order valence-corrected chi connectivity index (χ3v) is 4.94. The minimum atomic E-state index is -3.14. The number of hydrogen-bond acceptors (Lipinski definition) is 3. The SMILES string of the molecule is CCNC(=NCc1ccc(S(C)(=O)=O)cc1)NC1CCCC1.I. The minimum Gasteiger partial charge on any atom is -0.357 e. The van der Waals surface area contributed by atoms with Crippen LogP contribution in [0.2, 0.25) is 0 Å². The molecule has 0 saturated heterocycles. The zero-order valence-corrected chi connectivity index (χ0v) is 16.9. The zero-order valence-electron chi connectivity index (χ0n) is 13.7. The molecule has 5 nitrogen and oxygen atoms in total. The maximum Gasteiger partial charge on any atom is 0.191 e. The Morgan fingerprint density at radius 2 is 1.83 bits per heavy atom. The van der Waals surface area contributed by atoms with Gasteiger partial charge in [0.15, 0.2) is 15.8 Å². The minimum absolute atomic E-state index is 0. The maximum absolute atomic E-state index is 11.4. The molecule has 23 heavy (non-hydrogen) atoms. The monoisotopic (exact) mass is 451 g/mol. The molecule has 1 aromatic carbocycles. The highest BCUT2D eigenvalue weighted by Crippen LogP contribution is 2.17. The van der Waals surface area contributed by atoms with Gasteiger partial charge in [-0.25, -0.2) is 13.4 Å². The van der Waals surface area contributed by atoms with E-state index in [4.69, 9.17) is 0 Å². The highest BCUT2D eigenvalue weighted by atomic mass is 127. The maximum atomic E-state index is 11.4. The van der Waals surface area contributed by atoms with Gasteiger partial charge in [0.05, 0.1) is 11.4 Å². The van der Waals surface area contributed by atoms with Crippen molar-refractivity contribution in [2.24, 2.45) is 4.99 Å². The smallest absolute Gasteiger partial charge is 0.191 e. The van der Waals surface area contributed by atoms with Crippen molar-refractivity contribution in [1.82, 2.24) is 10.6 Å². The van der Waals surface area contributed by atoms with Gasteiger partial charge in [0.25, 0.3) is 0 Å². The molecule has 130 valence electrons.